The van der Waals surface area contributed by atoms with E-state index in [4.69, 9.17) is 5.11 Å². The first kappa shape index (κ1) is 11.4. The highest BCUT2D eigenvalue weighted by atomic mass is 16.4. The summed E-state index contributed by atoms with van der Waals surface area (Å²) in [5.74, 6) is -1.27. The summed E-state index contributed by atoms with van der Waals surface area (Å²) in [6.07, 6.45) is 3.24. The first-order chi connectivity index (χ1) is 7.66. The SMILES string of the molecule is O=C(O)CC(=O)N1CCN2CCCCC2C1. The quantitative estimate of drug-likeness (QED) is 0.681. The van der Waals surface area contributed by atoms with Crippen LogP contribution in [-0.4, -0.2) is 59.0 Å². The number of carboxylic acid groups (broad SMARTS) is 1. The van der Waals surface area contributed by atoms with Gasteiger partial charge in [-0.2, -0.15) is 0 Å². The molecule has 0 spiro atoms. The zero-order valence-corrected chi connectivity index (χ0v) is 9.39. The topological polar surface area (TPSA) is 60.9 Å². The lowest BCUT2D eigenvalue weighted by Crippen LogP contribution is -2.56. The summed E-state index contributed by atoms with van der Waals surface area (Å²) in [6, 6.07) is 0.459. The number of hydrogen-bond donors (Lipinski definition) is 1. The minimum Gasteiger partial charge on any atom is -0.481 e. The molecule has 1 atom stereocenters. The Labute approximate surface area is 95.0 Å². The summed E-state index contributed by atoms with van der Waals surface area (Å²) >= 11 is 0. The molecule has 0 bridgehead atoms. The maximum absolute atomic E-state index is 11.6. The van der Waals surface area contributed by atoms with E-state index in [2.05, 4.69) is 4.90 Å². The molecule has 1 unspecified atom stereocenters. The fourth-order valence-electron chi connectivity index (χ4n) is 2.62. The summed E-state index contributed by atoms with van der Waals surface area (Å²) in [6.45, 7) is 3.43. The van der Waals surface area contributed by atoms with Crippen LogP contribution in [0.5, 0.6) is 0 Å². The van der Waals surface area contributed by atoms with Gasteiger partial charge >= 0.3 is 5.97 Å². The summed E-state index contributed by atoms with van der Waals surface area (Å²) in [4.78, 5) is 26.2. The Kier molecular flexibility index (Phi) is 3.43. The van der Waals surface area contributed by atoms with Crippen LogP contribution in [0.25, 0.3) is 0 Å². The van der Waals surface area contributed by atoms with Crippen molar-refractivity contribution < 1.29 is 14.7 Å². The Bertz CT molecular complexity index is 293. The van der Waals surface area contributed by atoms with Crippen LogP contribution < -0.4 is 0 Å². The van der Waals surface area contributed by atoms with E-state index in [1.807, 2.05) is 0 Å². The molecule has 0 saturated carbocycles. The molecule has 1 amide bonds. The van der Waals surface area contributed by atoms with Gasteiger partial charge in [0.05, 0.1) is 0 Å². The minimum absolute atomic E-state index is 0.238. The lowest BCUT2D eigenvalue weighted by atomic mass is 9.99. The molecule has 0 radical (unpaired) electrons. The third kappa shape index (κ3) is 2.52. The van der Waals surface area contributed by atoms with Crippen molar-refractivity contribution in [3.05, 3.63) is 0 Å². The van der Waals surface area contributed by atoms with Crippen LogP contribution >= 0.6 is 0 Å². The van der Waals surface area contributed by atoms with Crippen molar-refractivity contribution in [1.82, 2.24) is 9.80 Å². The number of piperazine rings is 1. The highest BCUT2D eigenvalue weighted by molar-refractivity contribution is 5.93. The average molecular weight is 226 g/mol. The van der Waals surface area contributed by atoms with E-state index in [0.717, 1.165) is 19.5 Å². The molecule has 2 heterocycles. The fraction of sp³-hybridized carbons (Fsp3) is 0.818. The smallest absolute Gasteiger partial charge is 0.312 e. The van der Waals surface area contributed by atoms with Gasteiger partial charge in [0.2, 0.25) is 5.91 Å². The van der Waals surface area contributed by atoms with E-state index in [1.54, 1.807) is 4.90 Å². The standard InChI is InChI=1S/C11H18N2O3/c14-10(7-11(15)16)13-6-5-12-4-2-1-3-9(12)8-13/h9H,1-8H2,(H,15,16). The molecule has 90 valence electrons. The Morgan fingerprint density at radius 1 is 1.19 bits per heavy atom. The van der Waals surface area contributed by atoms with Gasteiger partial charge in [0.25, 0.3) is 0 Å². The van der Waals surface area contributed by atoms with Gasteiger partial charge in [0, 0.05) is 25.7 Å². The molecule has 5 heteroatoms. The van der Waals surface area contributed by atoms with Gasteiger partial charge < -0.3 is 10.0 Å². The first-order valence-corrected chi connectivity index (χ1v) is 5.90. The van der Waals surface area contributed by atoms with Crippen molar-refractivity contribution >= 4 is 11.9 Å². The Hall–Kier alpha value is -1.10. The van der Waals surface area contributed by atoms with Crippen LogP contribution in [0.15, 0.2) is 0 Å². The first-order valence-electron chi connectivity index (χ1n) is 5.90. The molecule has 5 nitrogen and oxygen atoms in total. The van der Waals surface area contributed by atoms with Crippen molar-refractivity contribution in [1.29, 1.82) is 0 Å². The van der Waals surface area contributed by atoms with E-state index < -0.39 is 5.97 Å². The Balaban J connectivity index is 1.89. The van der Waals surface area contributed by atoms with Gasteiger partial charge in [-0.1, -0.05) is 6.42 Å². The number of carboxylic acids is 1. The molecule has 2 aliphatic rings. The van der Waals surface area contributed by atoms with Crippen molar-refractivity contribution in [3.8, 4) is 0 Å². The third-order valence-electron chi connectivity index (χ3n) is 3.49. The van der Waals surface area contributed by atoms with E-state index >= 15 is 0 Å². The zero-order valence-electron chi connectivity index (χ0n) is 9.39. The largest absolute Gasteiger partial charge is 0.481 e. The zero-order chi connectivity index (χ0) is 11.5. The number of hydrogen-bond acceptors (Lipinski definition) is 3. The molecule has 0 aromatic heterocycles. The summed E-state index contributed by atoms with van der Waals surface area (Å²) in [5, 5.41) is 8.59. The lowest BCUT2D eigenvalue weighted by molar-refractivity contribution is -0.145. The summed E-state index contributed by atoms with van der Waals surface area (Å²) in [5.41, 5.74) is 0. The maximum Gasteiger partial charge on any atom is 0.312 e. The molecule has 2 rings (SSSR count). The molecule has 0 aromatic rings. The number of rotatable bonds is 2. The van der Waals surface area contributed by atoms with E-state index in [0.29, 0.717) is 19.1 Å². The number of aliphatic carboxylic acids is 1. The van der Waals surface area contributed by atoms with Crippen molar-refractivity contribution in [2.24, 2.45) is 0 Å². The molecule has 1 N–H and O–H groups in total. The van der Waals surface area contributed by atoms with Gasteiger partial charge in [-0.25, -0.2) is 0 Å². The van der Waals surface area contributed by atoms with Crippen LogP contribution in [-0.2, 0) is 9.59 Å². The summed E-state index contributed by atoms with van der Waals surface area (Å²) in [7, 11) is 0. The maximum atomic E-state index is 11.6. The van der Waals surface area contributed by atoms with Gasteiger partial charge in [0.1, 0.15) is 6.42 Å². The van der Waals surface area contributed by atoms with Crippen LogP contribution in [0.3, 0.4) is 0 Å². The Morgan fingerprint density at radius 3 is 2.75 bits per heavy atom. The third-order valence-corrected chi connectivity index (χ3v) is 3.49. The highest BCUT2D eigenvalue weighted by Gasteiger charge is 2.31. The average Bonchev–Trinajstić information content (AvgIpc) is 2.27. The normalized spacial score (nSPS) is 26.2. The number of fused-ring (bicyclic) bond motifs is 1. The van der Waals surface area contributed by atoms with Crippen LogP contribution in [0, 0.1) is 0 Å². The van der Waals surface area contributed by atoms with Gasteiger partial charge in [-0.05, 0) is 19.4 Å². The number of piperidine rings is 1. The molecule has 2 fully saturated rings. The number of carbonyl (C=O) groups excluding carboxylic acids is 1. The fourth-order valence-corrected chi connectivity index (χ4v) is 2.62. The predicted molar refractivity (Wildman–Crippen MR) is 58.0 cm³/mol. The molecule has 0 aromatic carbocycles. The number of amides is 1. The van der Waals surface area contributed by atoms with Gasteiger partial charge in [-0.3, -0.25) is 14.5 Å². The Morgan fingerprint density at radius 2 is 2.00 bits per heavy atom. The van der Waals surface area contributed by atoms with Crippen LogP contribution in [0.1, 0.15) is 25.7 Å². The molecule has 2 saturated heterocycles. The molecule has 0 aliphatic carbocycles. The van der Waals surface area contributed by atoms with Crippen LogP contribution in [0.4, 0.5) is 0 Å². The predicted octanol–water partition coefficient (Wildman–Crippen LogP) is 0.158. The molecular weight excluding hydrogens is 208 g/mol. The molecule has 16 heavy (non-hydrogen) atoms. The van der Waals surface area contributed by atoms with Gasteiger partial charge in [-0.15, -0.1) is 0 Å². The monoisotopic (exact) mass is 226 g/mol. The number of nitrogens with zero attached hydrogens (tertiary/aromatic N) is 2. The molecule has 2 aliphatic heterocycles. The second kappa shape index (κ2) is 4.82. The van der Waals surface area contributed by atoms with Crippen molar-refractivity contribution in [2.45, 2.75) is 31.7 Å². The second-order valence-corrected chi connectivity index (χ2v) is 4.60. The van der Waals surface area contributed by atoms with E-state index in [9.17, 15) is 9.59 Å². The van der Waals surface area contributed by atoms with E-state index in [-0.39, 0.29) is 12.3 Å². The lowest BCUT2D eigenvalue weighted by Gasteiger charge is -2.43. The summed E-state index contributed by atoms with van der Waals surface area (Å²) < 4.78 is 0. The van der Waals surface area contributed by atoms with Crippen LogP contribution in [0.2, 0.25) is 0 Å². The molecular formula is C11H18N2O3. The highest BCUT2D eigenvalue weighted by Crippen LogP contribution is 2.21. The van der Waals surface area contributed by atoms with E-state index in [1.165, 1.54) is 12.8 Å². The second-order valence-electron chi connectivity index (χ2n) is 4.60. The minimum atomic E-state index is -1.03. The number of carbonyl (C=O) groups is 2. The van der Waals surface area contributed by atoms with Crippen molar-refractivity contribution in [2.75, 3.05) is 26.2 Å². The van der Waals surface area contributed by atoms with Gasteiger partial charge in [0.15, 0.2) is 0 Å². The van der Waals surface area contributed by atoms with Crippen molar-refractivity contribution in [3.63, 3.8) is 0 Å².